The number of rotatable bonds is 15. The Kier molecular flexibility index (Phi) is 12.2. The SMILES string of the molecule is N[C@@H](CCC(=O)O)C(=O)N[C@@H](Cc1ccc(N=Nc2ccccc2)cc1)C(=O)NCC(=O)NCC(=O)ON1C(=O)CCC1=O. The van der Waals surface area contributed by atoms with E-state index < -0.39 is 66.6 Å². The summed E-state index contributed by atoms with van der Waals surface area (Å²) in [7, 11) is 0. The van der Waals surface area contributed by atoms with Crippen LogP contribution in [0.3, 0.4) is 0 Å². The van der Waals surface area contributed by atoms with Crippen LogP contribution in [-0.4, -0.2) is 76.8 Å². The monoisotopic (exact) mass is 609 g/mol. The van der Waals surface area contributed by atoms with Crippen molar-refractivity contribution in [3.8, 4) is 0 Å². The summed E-state index contributed by atoms with van der Waals surface area (Å²) in [5.74, 6) is -5.89. The number of imide groups is 1. The molecule has 1 aliphatic rings. The lowest BCUT2D eigenvalue weighted by Gasteiger charge is -2.21. The molecule has 0 aliphatic carbocycles. The van der Waals surface area contributed by atoms with E-state index in [1.165, 1.54) is 0 Å². The third-order valence-corrected chi connectivity index (χ3v) is 6.10. The number of hydroxylamine groups is 2. The van der Waals surface area contributed by atoms with Crippen molar-refractivity contribution < 1.29 is 43.5 Å². The number of carbonyl (C=O) groups excluding carboxylic acids is 6. The van der Waals surface area contributed by atoms with Gasteiger partial charge in [-0.2, -0.15) is 10.2 Å². The van der Waals surface area contributed by atoms with E-state index in [4.69, 9.17) is 10.8 Å². The lowest BCUT2D eigenvalue weighted by atomic mass is 10.0. The second-order valence-corrected chi connectivity index (χ2v) is 9.55. The Labute approximate surface area is 251 Å². The number of carboxylic acid groups (broad SMARTS) is 1. The van der Waals surface area contributed by atoms with Crippen molar-refractivity contribution in [2.45, 2.75) is 44.2 Å². The second-order valence-electron chi connectivity index (χ2n) is 9.55. The van der Waals surface area contributed by atoms with Gasteiger partial charge in [-0.3, -0.25) is 28.8 Å². The number of carboxylic acids is 1. The molecule has 0 spiro atoms. The zero-order chi connectivity index (χ0) is 32.1. The normalized spacial score (nSPS) is 14.2. The van der Waals surface area contributed by atoms with Gasteiger partial charge in [0.05, 0.1) is 24.0 Å². The molecule has 5 amide bonds. The maximum absolute atomic E-state index is 13.0. The molecule has 0 aromatic heterocycles. The summed E-state index contributed by atoms with van der Waals surface area (Å²) in [5.41, 5.74) is 7.60. The summed E-state index contributed by atoms with van der Waals surface area (Å²) in [4.78, 5) is 88.3. The number of hydrogen-bond acceptors (Lipinski definition) is 11. The van der Waals surface area contributed by atoms with Crippen LogP contribution < -0.4 is 21.7 Å². The average Bonchev–Trinajstić information content (AvgIpc) is 3.33. The molecule has 0 unspecified atom stereocenters. The van der Waals surface area contributed by atoms with E-state index in [1.807, 2.05) is 18.2 Å². The molecule has 232 valence electrons. The molecule has 2 aromatic carbocycles. The molecule has 0 saturated carbocycles. The van der Waals surface area contributed by atoms with E-state index in [1.54, 1.807) is 36.4 Å². The quantitative estimate of drug-likeness (QED) is 0.135. The zero-order valence-corrected chi connectivity index (χ0v) is 23.4. The average molecular weight is 610 g/mol. The largest absolute Gasteiger partial charge is 0.481 e. The maximum Gasteiger partial charge on any atom is 0.352 e. The zero-order valence-electron chi connectivity index (χ0n) is 23.4. The minimum atomic E-state index is -1.21. The van der Waals surface area contributed by atoms with Crippen molar-refractivity contribution in [1.29, 1.82) is 0 Å². The Morgan fingerprint density at radius 3 is 2.09 bits per heavy atom. The molecule has 16 heteroatoms. The molecule has 1 heterocycles. The number of hydrogen-bond donors (Lipinski definition) is 5. The number of azo groups is 1. The first kappa shape index (κ1) is 33.0. The fourth-order valence-electron chi connectivity index (χ4n) is 3.76. The second kappa shape index (κ2) is 16.2. The number of nitrogens with two attached hydrogens (primary N) is 1. The van der Waals surface area contributed by atoms with Crippen molar-refractivity contribution in [2.24, 2.45) is 16.0 Å². The Bertz CT molecular complexity index is 1400. The van der Waals surface area contributed by atoms with Crippen LogP contribution in [0.4, 0.5) is 11.4 Å². The maximum atomic E-state index is 13.0. The van der Waals surface area contributed by atoms with Gasteiger partial charge < -0.3 is 31.6 Å². The van der Waals surface area contributed by atoms with Gasteiger partial charge >= 0.3 is 11.9 Å². The molecular formula is C28H31N7O9. The Hall–Kier alpha value is -5.51. The van der Waals surface area contributed by atoms with Crippen molar-refractivity contribution in [2.75, 3.05) is 13.1 Å². The third-order valence-electron chi connectivity index (χ3n) is 6.10. The van der Waals surface area contributed by atoms with Gasteiger partial charge in [-0.25, -0.2) is 4.79 Å². The van der Waals surface area contributed by atoms with Crippen LogP contribution in [0.2, 0.25) is 0 Å². The van der Waals surface area contributed by atoms with Crippen molar-refractivity contribution in [3.05, 3.63) is 60.2 Å². The molecule has 1 fully saturated rings. The molecular weight excluding hydrogens is 578 g/mol. The molecule has 1 saturated heterocycles. The summed E-state index contributed by atoms with van der Waals surface area (Å²) < 4.78 is 0. The fourth-order valence-corrected chi connectivity index (χ4v) is 3.76. The summed E-state index contributed by atoms with van der Waals surface area (Å²) in [5, 5.41) is 24.5. The van der Waals surface area contributed by atoms with Gasteiger partial charge in [0.15, 0.2) is 0 Å². The van der Waals surface area contributed by atoms with E-state index in [-0.39, 0.29) is 32.1 Å². The smallest absolute Gasteiger partial charge is 0.352 e. The van der Waals surface area contributed by atoms with Crippen LogP contribution >= 0.6 is 0 Å². The number of nitrogens with zero attached hydrogens (tertiary/aromatic N) is 3. The molecule has 44 heavy (non-hydrogen) atoms. The summed E-state index contributed by atoms with van der Waals surface area (Å²) >= 11 is 0. The van der Waals surface area contributed by atoms with Crippen LogP contribution in [0.5, 0.6) is 0 Å². The van der Waals surface area contributed by atoms with E-state index in [9.17, 15) is 33.6 Å². The number of benzene rings is 2. The van der Waals surface area contributed by atoms with Gasteiger partial charge in [0.1, 0.15) is 12.6 Å². The van der Waals surface area contributed by atoms with Gasteiger partial charge in [0.25, 0.3) is 11.8 Å². The van der Waals surface area contributed by atoms with E-state index >= 15 is 0 Å². The summed E-state index contributed by atoms with van der Waals surface area (Å²) in [6, 6.07) is 13.3. The van der Waals surface area contributed by atoms with Crippen molar-refractivity contribution in [3.63, 3.8) is 0 Å². The lowest BCUT2D eigenvalue weighted by Crippen LogP contribution is -2.53. The molecule has 6 N–H and O–H groups in total. The predicted molar refractivity (Wildman–Crippen MR) is 151 cm³/mol. The van der Waals surface area contributed by atoms with Gasteiger partial charge in [-0.1, -0.05) is 30.3 Å². The Morgan fingerprint density at radius 2 is 1.48 bits per heavy atom. The Morgan fingerprint density at radius 1 is 0.864 bits per heavy atom. The van der Waals surface area contributed by atoms with Crippen LogP contribution in [0, 0.1) is 0 Å². The molecule has 2 atom stereocenters. The summed E-state index contributed by atoms with van der Waals surface area (Å²) in [6.45, 7) is -1.28. The van der Waals surface area contributed by atoms with Gasteiger partial charge in [0.2, 0.25) is 17.7 Å². The van der Waals surface area contributed by atoms with Gasteiger partial charge in [0, 0.05) is 25.7 Å². The van der Waals surface area contributed by atoms with E-state index in [0.717, 1.165) is 0 Å². The van der Waals surface area contributed by atoms with E-state index in [0.29, 0.717) is 22.0 Å². The Balaban J connectivity index is 1.58. The highest BCUT2D eigenvalue weighted by Gasteiger charge is 2.33. The minimum absolute atomic E-state index is 0.0226. The topological polar surface area (TPSA) is 239 Å². The number of carbonyl (C=O) groups is 7. The van der Waals surface area contributed by atoms with Crippen LogP contribution in [0.15, 0.2) is 64.8 Å². The highest BCUT2D eigenvalue weighted by molar-refractivity contribution is 6.01. The molecule has 16 nitrogen and oxygen atoms in total. The molecule has 0 radical (unpaired) electrons. The fraction of sp³-hybridized carbons (Fsp3) is 0.321. The molecule has 0 bridgehead atoms. The first-order valence-corrected chi connectivity index (χ1v) is 13.5. The highest BCUT2D eigenvalue weighted by atomic mass is 16.7. The standard InChI is InChI=1S/C28H31N7O9/c29-20(10-13-25(39)40)27(42)32-21(14-17-6-8-19(9-7-17)34-33-18-4-2-1-3-5-18)28(43)31-15-22(36)30-16-26(41)44-35-23(37)11-12-24(35)38/h1-9,20-21H,10-16,29H2,(H,30,36)(H,31,43)(H,32,42)(H,39,40)/t20-,21-/m0/s1. The molecule has 1 aliphatic heterocycles. The first-order chi connectivity index (χ1) is 21.0. The number of nitrogens with one attached hydrogen (secondary N) is 3. The van der Waals surface area contributed by atoms with Gasteiger partial charge in [-0.15, -0.1) is 5.06 Å². The molecule has 2 aromatic rings. The van der Waals surface area contributed by atoms with Gasteiger partial charge in [-0.05, 0) is 36.2 Å². The minimum Gasteiger partial charge on any atom is -0.481 e. The van der Waals surface area contributed by atoms with Crippen LogP contribution in [0.1, 0.15) is 31.2 Å². The lowest BCUT2D eigenvalue weighted by molar-refractivity contribution is -0.196. The van der Waals surface area contributed by atoms with Crippen LogP contribution in [0.25, 0.3) is 0 Å². The third kappa shape index (κ3) is 10.7. The van der Waals surface area contributed by atoms with Crippen molar-refractivity contribution in [1.82, 2.24) is 21.0 Å². The highest BCUT2D eigenvalue weighted by Crippen LogP contribution is 2.19. The van der Waals surface area contributed by atoms with E-state index in [2.05, 4.69) is 31.0 Å². The summed E-state index contributed by atoms with van der Waals surface area (Å²) in [6.07, 6.45) is -0.714. The van der Waals surface area contributed by atoms with Crippen molar-refractivity contribution >= 4 is 52.8 Å². The molecule has 3 rings (SSSR count). The first-order valence-electron chi connectivity index (χ1n) is 13.5. The van der Waals surface area contributed by atoms with Crippen LogP contribution in [-0.2, 0) is 44.8 Å². The number of amides is 5. The number of aliphatic carboxylic acids is 1. The predicted octanol–water partition coefficient (Wildman–Crippen LogP) is 0.161.